The molecule has 108 valence electrons. The second-order valence-electron chi connectivity index (χ2n) is 5.07. The number of nitrogens with zero attached hydrogens (tertiary/aromatic N) is 1. The number of benzene rings is 2. The third kappa shape index (κ3) is 2.87. The molecule has 0 radical (unpaired) electrons. The molecule has 4 heteroatoms. The Hall–Kier alpha value is -1.65. The third-order valence-electron chi connectivity index (χ3n) is 3.59. The standard InChI is InChI=1S/C17H16BrFN2/c1-20-9-13-11-21(17-5-3-2-4-15(13)17)10-12-8-14(18)6-7-16(12)19/h2-8,11,20H,9-10H2,1H3. The molecule has 1 heterocycles. The molecule has 3 aromatic rings. The highest BCUT2D eigenvalue weighted by atomic mass is 79.9. The Bertz CT molecular complexity index is 780. The van der Waals surface area contributed by atoms with Crippen LogP contribution >= 0.6 is 15.9 Å². The van der Waals surface area contributed by atoms with Gasteiger partial charge in [-0.05, 0) is 36.9 Å². The molecule has 0 aliphatic heterocycles. The predicted octanol–water partition coefficient (Wildman–Crippen LogP) is 4.31. The normalized spacial score (nSPS) is 11.2. The Balaban J connectivity index is 2.06. The van der Waals surface area contributed by atoms with Crippen LogP contribution in [0.5, 0.6) is 0 Å². The van der Waals surface area contributed by atoms with E-state index in [9.17, 15) is 4.39 Å². The van der Waals surface area contributed by atoms with E-state index in [2.05, 4.69) is 44.1 Å². The predicted molar refractivity (Wildman–Crippen MR) is 87.9 cm³/mol. The summed E-state index contributed by atoms with van der Waals surface area (Å²) in [5, 5.41) is 4.39. The molecule has 0 spiro atoms. The average Bonchev–Trinajstić information content (AvgIpc) is 2.82. The fraction of sp³-hybridized carbons (Fsp3) is 0.176. The second-order valence-corrected chi connectivity index (χ2v) is 5.98. The van der Waals surface area contributed by atoms with E-state index in [4.69, 9.17) is 0 Å². The maximum atomic E-state index is 14.0. The molecule has 2 nitrogen and oxygen atoms in total. The first-order valence-electron chi connectivity index (χ1n) is 6.84. The quantitative estimate of drug-likeness (QED) is 0.744. The summed E-state index contributed by atoms with van der Waals surface area (Å²) >= 11 is 3.40. The monoisotopic (exact) mass is 346 g/mol. The van der Waals surface area contributed by atoms with Crippen molar-refractivity contribution in [1.29, 1.82) is 0 Å². The van der Waals surface area contributed by atoms with E-state index in [-0.39, 0.29) is 5.82 Å². The minimum absolute atomic E-state index is 0.175. The molecule has 0 saturated carbocycles. The number of rotatable bonds is 4. The lowest BCUT2D eigenvalue weighted by atomic mass is 10.2. The van der Waals surface area contributed by atoms with E-state index >= 15 is 0 Å². The molecule has 0 unspecified atom stereocenters. The van der Waals surface area contributed by atoms with Gasteiger partial charge in [0.1, 0.15) is 5.82 Å². The maximum absolute atomic E-state index is 14.0. The third-order valence-corrected chi connectivity index (χ3v) is 4.08. The van der Waals surface area contributed by atoms with Crippen molar-refractivity contribution in [2.24, 2.45) is 0 Å². The van der Waals surface area contributed by atoms with E-state index in [0.29, 0.717) is 12.1 Å². The number of nitrogens with one attached hydrogen (secondary N) is 1. The van der Waals surface area contributed by atoms with E-state index in [0.717, 1.165) is 16.5 Å². The summed E-state index contributed by atoms with van der Waals surface area (Å²) in [5.41, 5.74) is 3.03. The van der Waals surface area contributed by atoms with Crippen LogP contribution in [0.25, 0.3) is 10.9 Å². The zero-order valence-corrected chi connectivity index (χ0v) is 13.3. The van der Waals surface area contributed by atoms with Crippen LogP contribution in [0.1, 0.15) is 11.1 Å². The number of para-hydroxylation sites is 1. The first-order chi connectivity index (χ1) is 10.2. The van der Waals surface area contributed by atoms with Crippen LogP contribution in [0.3, 0.4) is 0 Å². The van der Waals surface area contributed by atoms with Crippen LogP contribution in [0.15, 0.2) is 53.1 Å². The fourth-order valence-electron chi connectivity index (χ4n) is 2.63. The average molecular weight is 347 g/mol. The molecule has 0 saturated heterocycles. The summed E-state index contributed by atoms with van der Waals surface area (Å²) in [6.07, 6.45) is 2.10. The molecule has 1 aromatic heterocycles. The summed E-state index contributed by atoms with van der Waals surface area (Å²) in [6, 6.07) is 13.3. The Labute approximate surface area is 131 Å². The minimum Gasteiger partial charge on any atom is -0.343 e. The summed E-state index contributed by atoms with van der Waals surface area (Å²) < 4.78 is 17.0. The molecule has 0 aliphatic carbocycles. The van der Waals surface area contributed by atoms with Crippen molar-refractivity contribution >= 4 is 26.8 Å². The molecule has 1 N–H and O–H groups in total. The van der Waals surface area contributed by atoms with Crippen molar-refractivity contribution in [2.45, 2.75) is 13.1 Å². The first-order valence-corrected chi connectivity index (χ1v) is 7.63. The number of hydrogen-bond donors (Lipinski definition) is 1. The molecule has 21 heavy (non-hydrogen) atoms. The number of hydrogen-bond acceptors (Lipinski definition) is 1. The maximum Gasteiger partial charge on any atom is 0.128 e. The molecular weight excluding hydrogens is 331 g/mol. The lowest BCUT2D eigenvalue weighted by Crippen LogP contribution is -2.04. The number of aromatic nitrogens is 1. The van der Waals surface area contributed by atoms with Crippen molar-refractivity contribution in [3.05, 3.63) is 70.1 Å². The molecular formula is C17H16BrFN2. The molecule has 3 rings (SSSR count). The van der Waals surface area contributed by atoms with Crippen LogP contribution in [0.4, 0.5) is 4.39 Å². The van der Waals surface area contributed by atoms with Gasteiger partial charge in [-0.15, -0.1) is 0 Å². The van der Waals surface area contributed by atoms with Crippen molar-refractivity contribution < 1.29 is 4.39 Å². The summed E-state index contributed by atoms with van der Waals surface area (Å²) in [4.78, 5) is 0. The fourth-order valence-corrected chi connectivity index (χ4v) is 3.04. The topological polar surface area (TPSA) is 17.0 Å². The molecule has 0 atom stereocenters. The summed E-state index contributed by atoms with van der Waals surface area (Å²) in [7, 11) is 1.93. The van der Waals surface area contributed by atoms with Crippen molar-refractivity contribution in [2.75, 3.05) is 7.05 Å². The van der Waals surface area contributed by atoms with Crippen LogP contribution in [-0.2, 0) is 13.1 Å². The van der Waals surface area contributed by atoms with Gasteiger partial charge >= 0.3 is 0 Å². The van der Waals surface area contributed by atoms with Crippen LogP contribution < -0.4 is 5.32 Å². The van der Waals surface area contributed by atoms with Gasteiger partial charge in [-0.25, -0.2) is 4.39 Å². The van der Waals surface area contributed by atoms with E-state index in [1.165, 1.54) is 17.0 Å². The molecule has 0 amide bonds. The highest BCUT2D eigenvalue weighted by molar-refractivity contribution is 9.10. The zero-order valence-electron chi connectivity index (χ0n) is 11.7. The van der Waals surface area contributed by atoms with Gasteiger partial charge in [-0.3, -0.25) is 0 Å². The van der Waals surface area contributed by atoms with Crippen molar-refractivity contribution in [3.63, 3.8) is 0 Å². The van der Waals surface area contributed by atoms with E-state index in [1.54, 1.807) is 6.07 Å². The number of fused-ring (bicyclic) bond motifs is 1. The highest BCUT2D eigenvalue weighted by Crippen LogP contribution is 2.24. The minimum atomic E-state index is -0.175. The van der Waals surface area contributed by atoms with E-state index < -0.39 is 0 Å². The number of halogens is 2. The Morgan fingerprint density at radius 1 is 1.14 bits per heavy atom. The van der Waals surface area contributed by atoms with Gasteiger partial charge in [-0.1, -0.05) is 34.1 Å². The lowest BCUT2D eigenvalue weighted by Gasteiger charge is -2.07. The molecule has 0 aliphatic rings. The van der Waals surface area contributed by atoms with Crippen LogP contribution in [-0.4, -0.2) is 11.6 Å². The van der Waals surface area contributed by atoms with Gasteiger partial charge in [0, 0.05) is 33.7 Å². The van der Waals surface area contributed by atoms with E-state index in [1.807, 2.05) is 25.2 Å². The van der Waals surface area contributed by atoms with Gasteiger partial charge in [-0.2, -0.15) is 0 Å². The van der Waals surface area contributed by atoms with Gasteiger partial charge in [0.2, 0.25) is 0 Å². The van der Waals surface area contributed by atoms with Crippen molar-refractivity contribution in [3.8, 4) is 0 Å². The highest BCUT2D eigenvalue weighted by Gasteiger charge is 2.10. The Morgan fingerprint density at radius 3 is 2.76 bits per heavy atom. The lowest BCUT2D eigenvalue weighted by molar-refractivity contribution is 0.601. The van der Waals surface area contributed by atoms with Crippen molar-refractivity contribution in [1.82, 2.24) is 9.88 Å². The van der Waals surface area contributed by atoms with Gasteiger partial charge in [0.15, 0.2) is 0 Å². The second kappa shape index (κ2) is 6.00. The van der Waals surface area contributed by atoms with Crippen LogP contribution in [0.2, 0.25) is 0 Å². The summed E-state index contributed by atoms with van der Waals surface area (Å²) in [6.45, 7) is 1.32. The molecule has 0 bridgehead atoms. The largest absolute Gasteiger partial charge is 0.343 e. The summed E-state index contributed by atoms with van der Waals surface area (Å²) in [5.74, 6) is -0.175. The van der Waals surface area contributed by atoms with Gasteiger partial charge in [0.05, 0.1) is 6.54 Å². The van der Waals surface area contributed by atoms with Gasteiger partial charge < -0.3 is 9.88 Å². The van der Waals surface area contributed by atoms with Gasteiger partial charge in [0.25, 0.3) is 0 Å². The van der Waals surface area contributed by atoms with Crippen LogP contribution in [0, 0.1) is 5.82 Å². The zero-order chi connectivity index (χ0) is 14.8. The molecule has 2 aromatic carbocycles. The molecule has 0 fully saturated rings. The SMILES string of the molecule is CNCc1cn(Cc2cc(Br)ccc2F)c2ccccc12. The first kappa shape index (κ1) is 14.3. The smallest absolute Gasteiger partial charge is 0.128 e. The Kier molecular flexibility index (Phi) is 4.08. The Morgan fingerprint density at radius 2 is 1.95 bits per heavy atom.